The van der Waals surface area contributed by atoms with Gasteiger partial charge in [-0.05, 0) is 56.7 Å². The van der Waals surface area contributed by atoms with Crippen LogP contribution in [-0.4, -0.2) is 27.0 Å². The van der Waals surface area contributed by atoms with E-state index >= 15 is 0 Å². The molecule has 6 heteroatoms. The van der Waals surface area contributed by atoms with Crippen LogP contribution in [0, 0.1) is 5.92 Å². The molecule has 0 spiro atoms. The van der Waals surface area contributed by atoms with Crippen LogP contribution in [0.25, 0.3) is 11.0 Å². The molecule has 4 rings (SSSR count). The Labute approximate surface area is 164 Å². The Hall–Kier alpha value is -2.89. The highest BCUT2D eigenvalue weighted by Gasteiger charge is 2.25. The predicted molar refractivity (Wildman–Crippen MR) is 110 cm³/mol. The number of hydrogen-bond donors (Lipinski definition) is 2. The first kappa shape index (κ1) is 18.5. The molecule has 146 valence electrons. The van der Waals surface area contributed by atoms with Gasteiger partial charge in [0.2, 0.25) is 0 Å². The highest BCUT2D eigenvalue weighted by molar-refractivity contribution is 5.93. The first-order valence-corrected chi connectivity index (χ1v) is 10.1. The molecule has 1 aliphatic rings. The van der Waals surface area contributed by atoms with E-state index in [1.807, 2.05) is 25.1 Å². The third kappa shape index (κ3) is 3.86. The van der Waals surface area contributed by atoms with Crippen LogP contribution in [0.1, 0.15) is 54.7 Å². The summed E-state index contributed by atoms with van der Waals surface area (Å²) in [5, 5.41) is 3.00. The molecule has 3 aromatic rings. The second kappa shape index (κ2) is 8.00. The topological polar surface area (TPSA) is 79.8 Å². The molecular formula is C22H26N4O2. The van der Waals surface area contributed by atoms with Crippen LogP contribution in [-0.2, 0) is 6.54 Å². The highest BCUT2D eigenvalue weighted by atomic mass is 16.2. The lowest BCUT2D eigenvalue weighted by Crippen LogP contribution is -2.32. The molecule has 1 fully saturated rings. The van der Waals surface area contributed by atoms with Crippen molar-refractivity contribution >= 4 is 16.9 Å². The Morgan fingerprint density at radius 1 is 1.21 bits per heavy atom. The number of aromatic nitrogens is 3. The van der Waals surface area contributed by atoms with E-state index in [1.54, 1.807) is 16.8 Å². The van der Waals surface area contributed by atoms with Crippen LogP contribution in [0.15, 0.2) is 47.4 Å². The van der Waals surface area contributed by atoms with E-state index in [4.69, 9.17) is 4.98 Å². The monoisotopic (exact) mass is 378 g/mol. The van der Waals surface area contributed by atoms with Crippen molar-refractivity contribution in [3.8, 4) is 0 Å². The lowest BCUT2D eigenvalue weighted by Gasteiger charge is -2.27. The van der Waals surface area contributed by atoms with Crippen molar-refractivity contribution in [2.24, 2.45) is 5.92 Å². The molecule has 1 saturated carbocycles. The molecule has 1 amide bonds. The summed E-state index contributed by atoms with van der Waals surface area (Å²) in [7, 11) is 0. The number of para-hydroxylation sites is 2. The number of pyridine rings is 1. The molecule has 1 aromatic carbocycles. The van der Waals surface area contributed by atoms with E-state index in [1.165, 1.54) is 6.07 Å². The lowest BCUT2D eigenvalue weighted by molar-refractivity contribution is 0.0942. The molecule has 28 heavy (non-hydrogen) atoms. The van der Waals surface area contributed by atoms with E-state index in [0.717, 1.165) is 42.5 Å². The first-order chi connectivity index (χ1) is 13.6. The van der Waals surface area contributed by atoms with Gasteiger partial charge in [-0.3, -0.25) is 9.59 Å². The van der Waals surface area contributed by atoms with Gasteiger partial charge in [-0.15, -0.1) is 0 Å². The minimum atomic E-state index is -0.167. The van der Waals surface area contributed by atoms with Crippen molar-refractivity contribution < 1.29 is 4.79 Å². The van der Waals surface area contributed by atoms with Gasteiger partial charge in [0.1, 0.15) is 5.82 Å². The fourth-order valence-electron chi connectivity index (χ4n) is 4.06. The van der Waals surface area contributed by atoms with Gasteiger partial charge in [0.15, 0.2) is 0 Å². The van der Waals surface area contributed by atoms with Crippen molar-refractivity contribution in [1.29, 1.82) is 0 Å². The molecule has 0 atom stereocenters. The zero-order valence-electron chi connectivity index (χ0n) is 16.1. The number of hydrogen-bond acceptors (Lipinski definition) is 3. The van der Waals surface area contributed by atoms with Crippen LogP contribution in [0.3, 0.4) is 0 Å². The molecule has 2 N–H and O–H groups in total. The Bertz CT molecular complexity index is 995. The van der Waals surface area contributed by atoms with Gasteiger partial charge in [0.05, 0.1) is 11.0 Å². The van der Waals surface area contributed by atoms with E-state index in [9.17, 15) is 9.59 Å². The van der Waals surface area contributed by atoms with Crippen LogP contribution < -0.4 is 10.9 Å². The quantitative estimate of drug-likeness (QED) is 0.714. The number of aromatic amines is 1. The van der Waals surface area contributed by atoms with E-state index in [0.29, 0.717) is 30.5 Å². The van der Waals surface area contributed by atoms with Crippen LogP contribution in [0.2, 0.25) is 0 Å². The van der Waals surface area contributed by atoms with Gasteiger partial charge in [-0.1, -0.05) is 12.1 Å². The second-order valence-corrected chi connectivity index (χ2v) is 7.61. The Morgan fingerprint density at radius 2 is 2.00 bits per heavy atom. The van der Waals surface area contributed by atoms with Gasteiger partial charge < -0.3 is 14.9 Å². The number of H-pyrrole nitrogens is 1. The van der Waals surface area contributed by atoms with Gasteiger partial charge in [-0.2, -0.15) is 0 Å². The number of amides is 1. The summed E-state index contributed by atoms with van der Waals surface area (Å²) in [4.78, 5) is 32.4. The highest BCUT2D eigenvalue weighted by Crippen LogP contribution is 2.35. The Kier molecular flexibility index (Phi) is 5.28. The van der Waals surface area contributed by atoms with Crippen LogP contribution in [0.4, 0.5) is 0 Å². The smallest absolute Gasteiger partial charge is 0.251 e. The molecule has 0 unspecified atom stereocenters. The van der Waals surface area contributed by atoms with E-state index < -0.39 is 0 Å². The molecule has 2 aromatic heterocycles. The van der Waals surface area contributed by atoms with Crippen molar-refractivity contribution in [2.75, 3.05) is 6.54 Å². The molecule has 0 saturated heterocycles. The van der Waals surface area contributed by atoms with Crippen LogP contribution in [0.5, 0.6) is 0 Å². The van der Waals surface area contributed by atoms with Gasteiger partial charge in [0.25, 0.3) is 11.5 Å². The number of rotatable bonds is 5. The zero-order chi connectivity index (χ0) is 19.5. The third-order valence-electron chi connectivity index (χ3n) is 5.79. The molecule has 0 aliphatic heterocycles. The molecule has 2 heterocycles. The van der Waals surface area contributed by atoms with Gasteiger partial charge in [-0.25, -0.2) is 4.98 Å². The van der Waals surface area contributed by atoms with E-state index in [2.05, 4.69) is 16.4 Å². The minimum Gasteiger partial charge on any atom is -0.352 e. The summed E-state index contributed by atoms with van der Waals surface area (Å²) in [5.41, 5.74) is 2.42. The van der Waals surface area contributed by atoms with Gasteiger partial charge >= 0.3 is 0 Å². The molecule has 1 aliphatic carbocycles. The number of fused-ring (bicyclic) bond motifs is 1. The molecular weight excluding hydrogens is 352 g/mol. The number of imidazole rings is 1. The number of nitrogens with one attached hydrogen (secondary N) is 2. The normalized spacial score (nSPS) is 19.6. The summed E-state index contributed by atoms with van der Waals surface area (Å²) in [6, 6.07) is 11.3. The van der Waals surface area contributed by atoms with Crippen molar-refractivity contribution in [1.82, 2.24) is 19.9 Å². The maximum Gasteiger partial charge on any atom is 0.251 e. The summed E-state index contributed by atoms with van der Waals surface area (Å²) in [5.74, 6) is 1.85. The van der Waals surface area contributed by atoms with Crippen LogP contribution >= 0.6 is 0 Å². The number of carbonyl (C=O) groups excluding carboxylic acids is 1. The van der Waals surface area contributed by atoms with Gasteiger partial charge in [0, 0.05) is 36.8 Å². The minimum absolute atomic E-state index is 0.138. The number of nitrogens with zero attached hydrogens (tertiary/aromatic N) is 2. The predicted octanol–water partition coefficient (Wildman–Crippen LogP) is 3.45. The maximum absolute atomic E-state index is 12.4. The largest absolute Gasteiger partial charge is 0.352 e. The average Bonchev–Trinajstić information content (AvgIpc) is 3.16. The van der Waals surface area contributed by atoms with E-state index in [-0.39, 0.29) is 11.5 Å². The summed E-state index contributed by atoms with van der Waals surface area (Å²) >= 11 is 0. The lowest BCUT2D eigenvalue weighted by atomic mass is 9.81. The number of aryl methyl sites for hydroxylation is 1. The molecule has 0 bridgehead atoms. The Balaban J connectivity index is 1.30. The third-order valence-corrected chi connectivity index (χ3v) is 5.79. The first-order valence-electron chi connectivity index (χ1n) is 10.1. The fraction of sp³-hybridized carbons (Fsp3) is 0.409. The number of benzene rings is 1. The fourth-order valence-corrected chi connectivity index (χ4v) is 4.06. The van der Waals surface area contributed by atoms with Crippen molar-refractivity contribution in [3.63, 3.8) is 0 Å². The zero-order valence-corrected chi connectivity index (χ0v) is 16.1. The summed E-state index contributed by atoms with van der Waals surface area (Å²) in [6.07, 6.45) is 5.97. The standard InChI is InChI=1S/C22H26N4O2/c1-2-26-12-11-17(13-20(26)27)22(28)23-14-15-7-9-16(10-8-15)21-24-18-5-3-4-6-19(18)25-21/h3-6,11-13,15-16H,2,7-10,14H2,1H3,(H,23,28)(H,24,25). The maximum atomic E-state index is 12.4. The second-order valence-electron chi connectivity index (χ2n) is 7.61. The van der Waals surface area contributed by atoms with Crippen molar-refractivity contribution in [2.45, 2.75) is 45.1 Å². The summed E-state index contributed by atoms with van der Waals surface area (Å²) < 4.78 is 1.58. The summed E-state index contributed by atoms with van der Waals surface area (Å²) in [6.45, 7) is 3.17. The van der Waals surface area contributed by atoms with Crippen molar-refractivity contribution in [3.05, 3.63) is 64.3 Å². The Morgan fingerprint density at radius 3 is 2.71 bits per heavy atom. The molecule has 6 nitrogen and oxygen atoms in total. The average molecular weight is 378 g/mol. The number of carbonyl (C=O) groups is 1. The SMILES string of the molecule is CCn1ccc(C(=O)NCC2CCC(c3nc4ccccc4[nH]3)CC2)cc1=O. The molecule has 0 radical (unpaired) electrons.